The molecule has 1 saturated carbocycles. The number of alkyl halides is 3. The molecule has 1 heterocycles. The fourth-order valence-electron chi connectivity index (χ4n) is 1.41. The summed E-state index contributed by atoms with van der Waals surface area (Å²) in [7, 11) is 0. The first-order valence-electron chi connectivity index (χ1n) is 4.07. The van der Waals surface area contributed by atoms with Gasteiger partial charge in [0.15, 0.2) is 0 Å². The van der Waals surface area contributed by atoms with Gasteiger partial charge in [0.2, 0.25) is 0 Å². The zero-order valence-corrected chi connectivity index (χ0v) is 7.02. The van der Waals surface area contributed by atoms with Crippen LogP contribution in [0.5, 0.6) is 0 Å². The van der Waals surface area contributed by atoms with E-state index in [0.29, 0.717) is 0 Å². The second-order valence-electron chi connectivity index (χ2n) is 3.32. The standard InChI is InChI=1S/C8H8F3N2/c1-4-6(8(9,10)11)7(13-12-4)5-2-3-5/h5H,2-3H2,1H3. The van der Waals surface area contributed by atoms with Gasteiger partial charge in [-0.15, -0.1) is 0 Å². The van der Waals surface area contributed by atoms with E-state index in [1.165, 1.54) is 6.92 Å². The van der Waals surface area contributed by atoms with E-state index in [9.17, 15) is 13.2 Å². The second kappa shape index (κ2) is 2.49. The van der Waals surface area contributed by atoms with Gasteiger partial charge in [-0.3, -0.25) is 0 Å². The molecule has 0 bridgehead atoms. The second-order valence-corrected chi connectivity index (χ2v) is 3.32. The summed E-state index contributed by atoms with van der Waals surface area (Å²) in [6.07, 6.45) is -2.69. The molecule has 71 valence electrons. The van der Waals surface area contributed by atoms with Crippen LogP contribution < -0.4 is 5.43 Å². The normalized spacial score (nSPS) is 23.2. The topological polar surface area (TPSA) is 26.5 Å². The van der Waals surface area contributed by atoms with Crippen molar-refractivity contribution in [3.8, 4) is 0 Å². The highest BCUT2D eigenvalue weighted by molar-refractivity contribution is 6.05. The lowest BCUT2D eigenvalue weighted by atomic mass is 10.1. The van der Waals surface area contributed by atoms with E-state index in [0.717, 1.165) is 12.8 Å². The van der Waals surface area contributed by atoms with Crippen molar-refractivity contribution in [2.75, 3.05) is 0 Å². The average molecular weight is 189 g/mol. The van der Waals surface area contributed by atoms with Crippen LogP contribution in [0.2, 0.25) is 0 Å². The molecule has 0 unspecified atom stereocenters. The monoisotopic (exact) mass is 189 g/mol. The maximum Gasteiger partial charge on any atom is 0.420 e. The number of hydrogen-bond donors (Lipinski definition) is 0. The Labute approximate surface area is 73.5 Å². The summed E-state index contributed by atoms with van der Waals surface area (Å²) in [4.78, 5) is 0. The molecule has 2 rings (SSSR count). The largest absolute Gasteiger partial charge is 0.420 e. The van der Waals surface area contributed by atoms with Gasteiger partial charge in [0.05, 0.1) is 11.4 Å². The van der Waals surface area contributed by atoms with Gasteiger partial charge in [-0.1, -0.05) is 0 Å². The van der Waals surface area contributed by atoms with Crippen molar-refractivity contribution in [2.24, 2.45) is 11.0 Å². The number of allylic oxidation sites excluding steroid dienone is 2. The molecule has 1 aliphatic carbocycles. The van der Waals surface area contributed by atoms with E-state index in [1.54, 1.807) is 0 Å². The van der Waals surface area contributed by atoms with Crippen LogP contribution in [0.1, 0.15) is 19.8 Å². The minimum Gasteiger partial charge on any atom is -0.166 e. The van der Waals surface area contributed by atoms with Gasteiger partial charge >= 0.3 is 6.18 Å². The van der Waals surface area contributed by atoms with Crippen molar-refractivity contribution in [2.45, 2.75) is 25.9 Å². The van der Waals surface area contributed by atoms with Crippen LogP contribution in [0.25, 0.3) is 0 Å². The van der Waals surface area contributed by atoms with E-state index >= 15 is 0 Å². The molecule has 0 amide bonds. The Morgan fingerprint density at radius 1 is 1.31 bits per heavy atom. The quantitative estimate of drug-likeness (QED) is 0.604. The Morgan fingerprint density at radius 2 is 1.92 bits per heavy atom. The Bertz CT molecular complexity index is 297. The average Bonchev–Trinajstić information content (AvgIpc) is 2.73. The van der Waals surface area contributed by atoms with E-state index < -0.39 is 11.7 Å². The summed E-state index contributed by atoms with van der Waals surface area (Å²) >= 11 is 0. The number of halogens is 3. The van der Waals surface area contributed by atoms with Crippen LogP contribution in [0, 0.1) is 5.92 Å². The highest BCUT2D eigenvalue weighted by Crippen LogP contribution is 2.41. The van der Waals surface area contributed by atoms with E-state index in [2.05, 4.69) is 10.5 Å². The minimum atomic E-state index is -4.30. The first kappa shape index (κ1) is 8.59. The van der Waals surface area contributed by atoms with Crippen LogP contribution in [-0.2, 0) is 0 Å². The fraction of sp³-hybridized carbons (Fsp3) is 0.625. The molecular weight excluding hydrogens is 181 g/mol. The molecule has 13 heavy (non-hydrogen) atoms. The van der Waals surface area contributed by atoms with Crippen LogP contribution >= 0.6 is 0 Å². The summed E-state index contributed by atoms with van der Waals surface area (Å²) < 4.78 is 37.4. The van der Waals surface area contributed by atoms with Gasteiger partial charge in [-0.05, 0) is 19.8 Å². The maximum absolute atomic E-state index is 12.5. The van der Waals surface area contributed by atoms with Crippen LogP contribution in [0.3, 0.4) is 0 Å². The predicted molar refractivity (Wildman–Crippen MR) is 41.0 cm³/mol. The number of hydrogen-bond acceptors (Lipinski definition) is 1. The fourth-order valence-corrected chi connectivity index (χ4v) is 1.41. The summed E-state index contributed by atoms with van der Waals surface area (Å²) in [5.41, 5.74) is 3.00. The van der Waals surface area contributed by atoms with Gasteiger partial charge < -0.3 is 0 Å². The molecule has 1 radical (unpaired) electrons. The highest BCUT2D eigenvalue weighted by Gasteiger charge is 2.46. The van der Waals surface area contributed by atoms with Gasteiger partial charge in [0.25, 0.3) is 0 Å². The Balaban J connectivity index is 2.31. The van der Waals surface area contributed by atoms with Crippen molar-refractivity contribution in [3.05, 3.63) is 11.3 Å². The number of nitrogens with zero attached hydrogens (tertiary/aromatic N) is 2. The van der Waals surface area contributed by atoms with Crippen molar-refractivity contribution in [1.29, 1.82) is 0 Å². The molecule has 0 N–H and O–H groups in total. The number of rotatable bonds is 1. The van der Waals surface area contributed by atoms with Crippen LogP contribution in [-0.4, -0.2) is 11.9 Å². The lowest BCUT2D eigenvalue weighted by Crippen LogP contribution is -2.20. The molecule has 0 spiro atoms. The highest BCUT2D eigenvalue weighted by atomic mass is 19.4. The Hall–Kier alpha value is -1.00. The van der Waals surface area contributed by atoms with Gasteiger partial charge in [-0.25, -0.2) is 0 Å². The van der Waals surface area contributed by atoms with Crippen molar-refractivity contribution >= 4 is 5.71 Å². The van der Waals surface area contributed by atoms with E-state index in [1.807, 2.05) is 0 Å². The Morgan fingerprint density at radius 3 is 2.38 bits per heavy atom. The summed E-state index contributed by atoms with van der Waals surface area (Å²) in [6.45, 7) is 1.35. The summed E-state index contributed by atoms with van der Waals surface area (Å²) in [5, 5.41) is 3.57. The molecule has 0 aromatic carbocycles. The van der Waals surface area contributed by atoms with Crippen molar-refractivity contribution in [3.63, 3.8) is 0 Å². The smallest absolute Gasteiger partial charge is 0.166 e. The van der Waals surface area contributed by atoms with Gasteiger partial charge in [0.1, 0.15) is 5.57 Å². The summed E-state index contributed by atoms with van der Waals surface area (Å²) in [6, 6.07) is 0. The SMILES string of the molecule is CC1=C(C(F)(F)F)C(C2CC2)=N[N]1. The molecule has 1 aliphatic heterocycles. The first-order chi connectivity index (χ1) is 6.00. The molecule has 0 aromatic heterocycles. The van der Waals surface area contributed by atoms with E-state index in [4.69, 9.17) is 0 Å². The molecule has 2 nitrogen and oxygen atoms in total. The lowest BCUT2D eigenvalue weighted by Gasteiger charge is -2.09. The lowest BCUT2D eigenvalue weighted by molar-refractivity contribution is -0.0868. The molecular formula is C8H8F3N2. The third-order valence-electron chi connectivity index (χ3n) is 2.17. The molecule has 2 aliphatic rings. The predicted octanol–water partition coefficient (Wildman–Crippen LogP) is 2.21. The molecule has 1 fully saturated rings. The maximum atomic E-state index is 12.5. The zero-order chi connectivity index (χ0) is 9.64. The molecule has 0 atom stereocenters. The van der Waals surface area contributed by atoms with Crippen molar-refractivity contribution in [1.82, 2.24) is 5.43 Å². The van der Waals surface area contributed by atoms with Crippen molar-refractivity contribution < 1.29 is 13.2 Å². The summed E-state index contributed by atoms with van der Waals surface area (Å²) in [5.74, 6) is -0.00201. The van der Waals surface area contributed by atoms with Crippen LogP contribution in [0.4, 0.5) is 13.2 Å². The first-order valence-corrected chi connectivity index (χ1v) is 4.07. The third-order valence-corrected chi connectivity index (χ3v) is 2.17. The van der Waals surface area contributed by atoms with Gasteiger partial charge in [-0.2, -0.15) is 23.7 Å². The van der Waals surface area contributed by atoms with Gasteiger partial charge in [0, 0.05) is 5.92 Å². The Kier molecular flexibility index (Phi) is 1.65. The zero-order valence-electron chi connectivity index (χ0n) is 7.02. The van der Waals surface area contributed by atoms with E-state index in [-0.39, 0.29) is 17.3 Å². The minimum absolute atomic E-state index is 0.00201. The molecule has 5 heteroatoms. The molecule has 0 saturated heterocycles. The molecule has 0 aromatic rings. The third kappa shape index (κ3) is 1.43. The van der Waals surface area contributed by atoms with Crippen LogP contribution in [0.15, 0.2) is 16.4 Å².